The molecule has 0 aliphatic carbocycles. The maximum Gasteiger partial charge on any atom is 1.00 e. The van der Waals surface area contributed by atoms with Gasteiger partial charge in [0.2, 0.25) is 0 Å². The van der Waals surface area contributed by atoms with E-state index in [1.807, 2.05) is 0 Å². The van der Waals surface area contributed by atoms with Crippen LogP contribution in [0.2, 0.25) is 0 Å². The molecule has 0 aromatic rings. The Balaban J connectivity index is -0.0000000200. The number of nitrogens with zero attached hydrogens (tertiary/aromatic N) is 1. The third-order valence-corrected chi connectivity index (χ3v) is 0. The van der Waals surface area contributed by atoms with Gasteiger partial charge < -0.3 is 5.11 Å². The zero-order valence-corrected chi connectivity index (χ0v) is 3.81. The van der Waals surface area contributed by atoms with Gasteiger partial charge in [0.25, 0.3) is 0 Å². The third-order valence-electron chi connectivity index (χ3n) is 0. The van der Waals surface area contributed by atoms with Crippen molar-refractivity contribution in [3.63, 3.8) is 0 Å². The maximum atomic E-state index is 8.24. The van der Waals surface area contributed by atoms with Crippen molar-refractivity contribution in [3.05, 3.63) is 0 Å². The quantitative estimate of drug-likeness (QED) is 0.231. The van der Waals surface area contributed by atoms with E-state index in [0.717, 1.165) is 0 Å². The van der Waals surface area contributed by atoms with Gasteiger partial charge in [0.15, 0.2) is 0 Å². The molecule has 0 saturated heterocycles. The molecule has 0 bridgehead atoms. The fourth-order valence-corrected chi connectivity index (χ4v) is 0. The zero-order chi connectivity index (χ0) is 2.71. The summed E-state index contributed by atoms with van der Waals surface area (Å²) in [5.41, 5.74) is 0. The molecule has 0 aromatic heterocycles. The summed E-state index contributed by atoms with van der Waals surface area (Å²) < 4.78 is 0. The van der Waals surface area contributed by atoms with Crippen molar-refractivity contribution >= 4 is 0 Å². The van der Waals surface area contributed by atoms with Crippen molar-refractivity contribution in [1.29, 1.82) is 5.26 Å². The minimum atomic E-state index is 0. The molecule has 0 aromatic carbocycles. The molecule has 24 valence electrons. The number of nitriles is 1. The van der Waals surface area contributed by atoms with Gasteiger partial charge in [0.05, 0.1) is 0 Å². The second-order valence-corrected chi connectivity index (χ2v) is 0.0913. The van der Waals surface area contributed by atoms with Crippen LogP contribution in [0.4, 0.5) is 0 Å². The first-order valence-corrected chi connectivity index (χ1v) is 0.428. The molecular formula is CFeLiNO. The van der Waals surface area contributed by atoms with Crippen LogP contribution in [0.15, 0.2) is 0 Å². The summed E-state index contributed by atoms with van der Waals surface area (Å²) >= 11 is 0. The van der Waals surface area contributed by atoms with Gasteiger partial charge in [0, 0.05) is 23.3 Å². The summed E-state index contributed by atoms with van der Waals surface area (Å²) in [6.07, 6.45) is 0.500. The van der Waals surface area contributed by atoms with Crippen LogP contribution in [0.25, 0.3) is 0 Å². The van der Waals surface area contributed by atoms with Crippen LogP contribution in [-0.4, -0.2) is 0 Å². The minimum absolute atomic E-state index is 0. The van der Waals surface area contributed by atoms with Gasteiger partial charge in [-0.25, -0.2) is 5.26 Å². The SMILES string of the molecule is N#C[O-].[Fe].[Li+]. The summed E-state index contributed by atoms with van der Waals surface area (Å²) in [6.45, 7) is 0. The molecule has 4 heteroatoms. The molecule has 5 heavy (non-hydrogen) atoms. The van der Waals surface area contributed by atoms with Gasteiger partial charge in [-0.3, -0.25) is 0 Å². The standard InChI is InChI=1S/CHNO.Fe.Li/c2-1-3;;/h3H;;/q;;+1/p-1. The Kier molecular flexibility index (Phi) is 93.7. The van der Waals surface area contributed by atoms with Gasteiger partial charge in [-0.05, 0) is 0 Å². The molecule has 0 aliphatic heterocycles. The van der Waals surface area contributed by atoms with Crippen LogP contribution < -0.4 is 24.0 Å². The van der Waals surface area contributed by atoms with E-state index >= 15 is 0 Å². The first kappa shape index (κ1) is 18.1. The Morgan fingerprint density at radius 3 is 1.60 bits per heavy atom. The molecular weight excluding hydrogens is 105 g/mol. The first-order chi connectivity index (χ1) is 1.41. The van der Waals surface area contributed by atoms with Gasteiger partial charge in [0.1, 0.15) is 0 Å². The second-order valence-electron chi connectivity index (χ2n) is 0.0913. The topological polar surface area (TPSA) is 46.8 Å². The van der Waals surface area contributed by atoms with E-state index < -0.39 is 0 Å². The molecule has 0 aliphatic rings. The molecule has 2 nitrogen and oxygen atoms in total. The molecule has 0 atom stereocenters. The number of hydrogen-bond donors (Lipinski definition) is 0. The molecule has 0 saturated carbocycles. The van der Waals surface area contributed by atoms with Crippen molar-refractivity contribution in [1.82, 2.24) is 0 Å². The van der Waals surface area contributed by atoms with Gasteiger partial charge in [-0.2, -0.15) is 0 Å². The van der Waals surface area contributed by atoms with Crippen LogP contribution in [0.3, 0.4) is 0 Å². The van der Waals surface area contributed by atoms with E-state index in [9.17, 15) is 0 Å². The summed E-state index contributed by atoms with van der Waals surface area (Å²) in [6, 6.07) is 0. The van der Waals surface area contributed by atoms with Gasteiger partial charge in [-0.15, -0.1) is 0 Å². The van der Waals surface area contributed by atoms with Crippen molar-refractivity contribution in [3.8, 4) is 6.26 Å². The first-order valence-electron chi connectivity index (χ1n) is 0.428. The van der Waals surface area contributed by atoms with E-state index in [0.29, 0.717) is 6.26 Å². The van der Waals surface area contributed by atoms with Crippen molar-refractivity contribution < 1.29 is 41.0 Å². The molecule has 0 amide bonds. The second kappa shape index (κ2) is 25.8. The monoisotopic (exact) mass is 105 g/mol. The van der Waals surface area contributed by atoms with Gasteiger partial charge in [-0.1, -0.05) is 0 Å². The molecule has 0 N–H and O–H groups in total. The summed E-state index contributed by atoms with van der Waals surface area (Å²) in [5, 5.41) is 15.0. The largest absolute Gasteiger partial charge is 1.00 e. The van der Waals surface area contributed by atoms with Crippen LogP contribution in [0.1, 0.15) is 0 Å². The Morgan fingerprint density at radius 2 is 1.60 bits per heavy atom. The average molecular weight is 105 g/mol. The molecule has 0 heterocycles. The minimum Gasteiger partial charge on any atom is -0.812 e. The van der Waals surface area contributed by atoms with E-state index in [-0.39, 0.29) is 35.9 Å². The fourth-order valence-electron chi connectivity index (χ4n) is 0. The molecule has 0 unspecified atom stereocenters. The molecule has 0 spiro atoms. The summed E-state index contributed by atoms with van der Waals surface area (Å²) in [5.74, 6) is 0. The van der Waals surface area contributed by atoms with Crippen LogP contribution >= 0.6 is 0 Å². The van der Waals surface area contributed by atoms with Crippen molar-refractivity contribution in [2.75, 3.05) is 0 Å². The zero-order valence-electron chi connectivity index (χ0n) is 2.71. The van der Waals surface area contributed by atoms with Gasteiger partial charge >= 0.3 is 18.9 Å². The summed E-state index contributed by atoms with van der Waals surface area (Å²) in [7, 11) is 0. The molecule has 0 rings (SSSR count). The van der Waals surface area contributed by atoms with E-state index in [4.69, 9.17) is 10.4 Å². The number of rotatable bonds is 0. The summed E-state index contributed by atoms with van der Waals surface area (Å²) in [4.78, 5) is 0. The third kappa shape index (κ3) is 154. The Labute approximate surface area is 52.8 Å². The predicted molar refractivity (Wildman–Crippen MR) is 5.61 cm³/mol. The van der Waals surface area contributed by atoms with Crippen molar-refractivity contribution in [2.45, 2.75) is 0 Å². The normalized spacial score (nSPS) is 1.40. The van der Waals surface area contributed by atoms with Crippen LogP contribution in [0.5, 0.6) is 0 Å². The Bertz CT molecular complexity index is 33.1. The van der Waals surface area contributed by atoms with E-state index in [1.165, 1.54) is 0 Å². The van der Waals surface area contributed by atoms with Crippen LogP contribution in [-0.2, 0) is 17.1 Å². The van der Waals surface area contributed by atoms with Crippen LogP contribution in [0, 0.1) is 11.5 Å². The Morgan fingerprint density at radius 1 is 1.60 bits per heavy atom. The van der Waals surface area contributed by atoms with E-state index in [2.05, 4.69) is 0 Å². The predicted octanol–water partition coefficient (Wildman–Crippen LogP) is -4.17. The number of hydrogen-bond acceptors (Lipinski definition) is 2. The smallest absolute Gasteiger partial charge is 0.812 e. The average Bonchev–Trinajstić information content (AvgIpc) is 0.918. The van der Waals surface area contributed by atoms with Crippen molar-refractivity contribution in [2.24, 2.45) is 0 Å². The fraction of sp³-hybridized carbons (Fsp3) is 0. The molecule has 0 fully saturated rings. The molecule has 0 radical (unpaired) electrons. The Hall–Kier alpha value is 0.407. The maximum absolute atomic E-state index is 8.24. The van der Waals surface area contributed by atoms with E-state index in [1.54, 1.807) is 0 Å².